The molecule has 0 spiro atoms. The number of rotatable bonds is 5. The molecule has 0 saturated heterocycles. The van der Waals surface area contributed by atoms with Crippen molar-refractivity contribution in [3.05, 3.63) is 23.8 Å². The van der Waals surface area contributed by atoms with E-state index >= 15 is 0 Å². The largest absolute Gasteiger partial charge is 0.495 e. The van der Waals surface area contributed by atoms with Crippen molar-refractivity contribution in [3.63, 3.8) is 0 Å². The van der Waals surface area contributed by atoms with Crippen LogP contribution in [-0.2, 0) is 10.2 Å². The molecule has 4 heteroatoms. The van der Waals surface area contributed by atoms with Crippen LogP contribution in [0.2, 0.25) is 0 Å². The van der Waals surface area contributed by atoms with Crippen LogP contribution in [-0.4, -0.2) is 25.6 Å². The molecular weight excluding hydrogens is 252 g/mol. The number of ether oxygens (including phenoxy) is 1. The van der Waals surface area contributed by atoms with Gasteiger partial charge in [-0.3, -0.25) is 4.79 Å². The van der Waals surface area contributed by atoms with Crippen LogP contribution in [0.5, 0.6) is 5.75 Å². The van der Waals surface area contributed by atoms with Crippen molar-refractivity contribution in [1.82, 2.24) is 5.32 Å². The van der Waals surface area contributed by atoms with Crippen molar-refractivity contribution in [3.8, 4) is 5.75 Å². The summed E-state index contributed by atoms with van der Waals surface area (Å²) in [7, 11) is 1.61. The third-order valence-corrected chi connectivity index (χ3v) is 3.01. The molecule has 0 heterocycles. The molecular formula is C16H26N2O2. The van der Waals surface area contributed by atoms with Crippen LogP contribution in [0, 0.1) is 0 Å². The van der Waals surface area contributed by atoms with E-state index in [4.69, 9.17) is 4.74 Å². The first kappa shape index (κ1) is 16.5. The van der Waals surface area contributed by atoms with Crippen molar-refractivity contribution in [2.45, 2.75) is 46.1 Å². The summed E-state index contributed by atoms with van der Waals surface area (Å²) in [4.78, 5) is 11.9. The standard InChI is InChI=1S/C16H26N2O2/c1-11(2)17-10-15(19)18-13-9-12(16(3,4)5)7-8-14(13)20-6/h7-9,11,17H,10H2,1-6H3,(H,18,19). The molecule has 2 N–H and O–H groups in total. The molecule has 0 aromatic heterocycles. The van der Waals surface area contributed by atoms with Gasteiger partial charge in [-0.1, -0.05) is 40.7 Å². The van der Waals surface area contributed by atoms with Gasteiger partial charge < -0.3 is 15.4 Å². The lowest BCUT2D eigenvalue weighted by Gasteiger charge is -2.21. The van der Waals surface area contributed by atoms with E-state index in [2.05, 4.69) is 31.4 Å². The van der Waals surface area contributed by atoms with Crippen LogP contribution in [0.1, 0.15) is 40.2 Å². The van der Waals surface area contributed by atoms with E-state index in [9.17, 15) is 4.79 Å². The van der Waals surface area contributed by atoms with E-state index in [-0.39, 0.29) is 17.4 Å². The summed E-state index contributed by atoms with van der Waals surface area (Å²) >= 11 is 0. The summed E-state index contributed by atoms with van der Waals surface area (Å²) < 4.78 is 5.30. The lowest BCUT2D eigenvalue weighted by molar-refractivity contribution is -0.115. The Kier molecular flexibility index (Phi) is 5.57. The van der Waals surface area contributed by atoms with Gasteiger partial charge >= 0.3 is 0 Å². The number of carbonyl (C=O) groups is 1. The van der Waals surface area contributed by atoms with Crippen LogP contribution in [0.25, 0.3) is 0 Å². The van der Waals surface area contributed by atoms with Crippen LogP contribution >= 0.6 is 0 Å². The Hall–Kier alpha value is -1.55. The molecule has 112 valence electrons. The molecule has 1 rings (SSSR count). The monoisotopic (exact) mass is 278 g/mol. The lowest BCUT2D eigenvalue weighted by Crippen LogP contribution is -2.32. The van der Waals surface area contributed by atoms with E-state index in [1.807, 2.05) is 32.0 Å². The summed E-state index contributed by atoms with van der Waals surface area (Å²) in [6.45, 7) is 10.7. The zero-order valence-corrected chi connectivity index (χ0v) is 13.3. The first-order valence-electron chi connectivity index (χ1n) is 6.96. The average Bonchev–Trinajstić information content (AvgIpc) is 2.35. The van der Waals surface area contributed by atoms with Gasteiger partial charge in [-0.25, -0.2) is 0 Å². The third-order valence-electron chi connectivity index (χ3n) is 3.01. The minimum atomic E-state index is -0.0666. The second-order valence-electron chi connectivity index (χ2n) is 6.25. The SMILES string of the molecule is COc1ccc(C(C)(C)C)cc1NC(=O)CNC(C)C. The molecule has 0 unspecified atom stereocenters. The predicted octanol–water partition coefficient (Wildman–Crippen LogP) is 2.93. The highest BCUT2D eigenvalue weighted by atomic mass is 16.5. The fourth-order valence-electron chi connectivity index (χ4n) is 1.76. The molecule has 1 aromatic rings. The molecule has 0 aliphatic carbocycles. The number of anilines is 1. The Labute approximate surface area is 121 Å². The van der Waals surface area contributed by atoms with Crippen LogP contribution in [0.3, 0.4) is 0 Å². The highest BCUT2D eigenvalue weighted by Crippen LogP contribution is 2.31. The number of nitrogens with one attached hydrogen (secondary N) is 2. The minimum Gasteiger partial charge on any atom is -0.495 e. The van der Waals surface area contributed by atoms with E-state index in [0.717, 1.165) is 11.3 Å². The molecule has 4 nitrogen and oxygen atoms in total. The number of amides is 1. The Balaban J connectivity index is 2.89. The second-order valence-corrected chi connectivity index (χ2v) is 6.25. The summed E-state index contributed by atoms with van der Waals surface area (Å²) in [6, 6.07) is 6.18. The zero-order chi connectivity index (χ0) is 15.3. The van der Waals surface area contributed by atoms with Crippen molar-refractivity contribution >= 4 is 11.6 Å². The smallest absolute Gasteiger partial charge is 0.238 e. The summed E-state index contributed by atoms with van der Waals surface area (Å²) in [5, 5.41) is 6.00. The molecule has 0 aliphatic rings. The number of benzene rings is 1. The molecule has 0 fully saturated rings. The minimum absolute atomic E-state index is 0.0297. The van der Waals surface area contributed by atoms with Gasteiger partial charge in [0.2, 0.25) is 5.91 Å². The average molecular weight is 278 g/mol. The van der Waals surface area contributed by atoms with Crippen molar-refractivity contribution < 1.29 is 9.53 Å². The zero-order valence-electron chi connectivity index (χ0n) is 13.3. The van der Waals surface area contributed by atoms with Crippen molar-refractivity contribution in [2.75, 3.05) is 19.0 Å². The van der Waals surface area contributed by atoms with Gasteiger partial charge in [0.05, 0.1) is 19.3 Å². The summed E-state index contributed by atoms with van der Waals surface area (Å²) in [5.74, 6) is 0.610. The molecule has 0 saturated carbocycles. The van der Waals surface area contributed by atoms with Gasteiger partial charge in [-0.05, 0) is 23.1 Å². The maximum absolute atomic E-state index is 11.9. The molecule has 1 aromatic carbocycles. The van der Waals surface area contributed by atoms with Gasteiger partial charge in [-0.15, -0.1) is 0 Å². The van der Waals surface area contributed by atoms with E-state index in [0.29, 0.717) is 12.3 Å². The Morgan fingerprint density at radius 2 is 1.95 bits per heavy atom. The van der Waals surface area contributed by atoms with Gasteiger partial charge in [-0.2, -0.15) is 0 Å². The Morgan fingerprint density at radius 3 is 2.45 bits per heavy atom. The number of methoxy groups -OCH3 is 1. The van der Waals surface area contributed by atoms with Gasteiger partial charge in [0.25, 0.3) is 0 Å². The maximum Gasteiger partial charge on any atom is 0.238 e. The third kappa shape index (κ3) is 4.85. The van der Waals surface area contributed by atoms with Crippen molar-refractivity contribution in [2.24, 2.45) is 0 Å². The van der Waals surface area contributed by atoms with Crippen molar-refractivity contribution in [1.29, 1.82) is 0 Å². The van der Waals surface area contributed by atoms with Crippen LogP contribution in [0.4, 0.5) is 5.69 Å². The predicted molar refractivity (Wildman–Crippen MR) is 83.5 cm³/mol. The van der Waals surface area contributed by atoms with Crippen LogP contribution < -0.4 is 15.4 Å². The summed E-state index contributed by atoms with van der Waals surface area (Å²) in [6.07, 6.45) is 0. The number of hydrogen-bond acceptors (Lipinski definition) is 3. The molecule has 0 bridgehead atoms. The molecule has 0 atom stereocenters. The lowest BCUT2D eigenvalue weighted by atomic mass is 9.87. The quantitative estimate of drug-likeness (QED) is 0.870. The summed E-state index contributed by atoms with van der Waals surface area (Å²) in [5.41, 5.74) is 1.91. The fourth-order valence-corrected chi connectivity index (χ4v) is 1.76. The maximum atomic E-state index is 11.9. The number of hydrogen-bond donors (Lipinski definition) is 2. The Morgan fingerprint density at radius 1 is 1.30 bits per heavy atom. The highest BCUT2D eigenvalue weighted by Gasteiger charge is 2.16. The van der Waals surface area contributed by atoms with E-state index in [1.54, 1.807) is 7.11 Å². The molecule has 20 heavy (non-hydrogen) atoms. The first-order valence-corrected chi connectivity index (χ1v) is 6.96. The van der Waals surface area contributed by atoms with E-state index < -0.39 is 0 Å². The van der Waals surface area contributed by atoms with E-state index in [1.165, 1.54) is 0 Å². The Bertz CT molecular complexity index is 462. The van der Waals surface area contributed by atoms with Crippen LogP contribution in [0.15, 0.2) is 18.2 Å². The molecule has 1 amide bonds. The first-order chi connectivity index (χ1) is 9.24. The van der Waals surface area contributed by atoms with Gasteiger partial charge in [0, 0.05) is 6.04 Å². The van der Waals surface area contributed by atoms with Gasteiger partial charge in [0.15, 0.2) is 0 Å². The highest BCUT2D eigenvalue weighted by molar-refractivity contribution is 5.93. The fraction of sp³-hybridized carbons (Fsp3) is 0.562. The topological polar surface area (TPSA) is 50.4 Å². The molecule has 0 radical (unpaired) electrons. The normalized spacial score (nSPS) is 11.6. The molecule has 0 aliphatic heterocycles. The van der Waals surface area contributed by atoms with Gasteiger partial charge in [0.1, 0.15) is 5.75 Å². The second kappa shape index (κ2) is 6.75. The number of carbonyl (C=O) groups excluding carboxylic acids is 1.